The Balaban J connectivity index is 1.28. The molecule has 1 amide bonds. The number of nitrogens with zero attached hydrogens (tertiary/aromatic N) is 4. The quantitative estimate of drug-likeness (QED) is 0.341. The van der Waals surface area contributed by atoms with Crippen LogP contribution in [0.2, 0.25) is 0 Å². The number of hydrogen-bond acceptors (Lipinski definition) is 7. The van der Waals surface area contributed by atoms with Gasteiger partial charge in [-0.05, 0) is 57.6 Å². The fourth-order valence-corrected chi connectivity index (χ4v) is 4.86. The number of thioether (sulfide) groups is 1. The molecule has 0 aliphatic heterocycles. The van der Waals surface area contributed by atoms with Crippen molar-refractivity contribution in [3.05, 3.63) is 52.7 Å². The maximum absolute atomic E-state index is 12.6. The summed E-state index contributed by atoms with van der Waals surface area (Å²) in [6, 6.07) is 7.73. The Morgan fingerprint density at radius 1 is 1.27 bits per heavy atom. The lowest BCUT2D eigenvalue weighted by Crippen LogP contribution is -2.25. The van der Waals surface area contributed by atoms with Crippen molar-refractivity contribution in [1.29, 1.82) is 0 Å². The van der Waals surface area contributed by atoms with Gasteiger partial charge in [0, 0.05) is 24.6 Å². The molecule has 0 atom stereocenters. The van der Waals surface area contributed by atoms with Crippen molar-refractivity contribution in [2.75, 3.05) is 12.8 Å². The van der Waals surface area contributed by atoms with Crippen LogP contribution >= 0.6 is 11.8 Å². The smallest absolute Gasteiger partial charge is 0.251 e. The minimum Gasteiger partial charge on any atom is -0.489 e. The number of carbonyl (C=O) groups excluding carboxylic acids is 1. The molecule has 0 bridgehead atoms. The van der Waals surface area contributed by atoms with Crippen molar-refractivity contribution in [2.45, 2.75) is 70.2 Å². The van der Waals surface area contributed by atoms with Crippen LogP contribution in [0, 0.1) is 13.8 Å². The molecule has 8 nitrogen and oxygen atoms in total. The van der Waals surface area contributed by atoms with Gasteiger partial charge in [-0.3, -0.25) is 4.79 Å². The zero-order chi connectivity index (χ0) is 23.2. The lowest BCUT2D eigenvalue weighted by molar-refractivity contribution is 0.0952. The summed E-state index contributed by atoms with van der Waals surface area (Å²) >= 11 is 1.65. The van der Waals surface area contributed by atoms with E-state index in [0.29, 0.717) is 30.5 Å². The predicted octanol–water partition coefficient (Wildman–Crippen LogP) is 4.66. The Bertz CT molecular complexity index is 1070. The second-order valence-corrected chi connectivity index (χ2v) is 9.16. The summed E-state index contributed by atoms with van der Waals surface area (Å²) in [6.45, 7) is 4.68. The van der Waals surface area contributed by atoms with Crippen LogP contribution in [0.3, 0.4) is 0 Å². The molecule has 2 heterocycles. The van der Waals surface area contributed by atoms with Crippen LogP contribution in [0.1, 0.15) is 71.3 Å². The molecule has 0 saturated heterocycles. The molecule has 1 aliphatic carbocycles. The average molecular weight is 470 g/mol. The molecule has 1 fully saturated rings. The van der Waals surface area contributed by atoms with E-state index in [1.165, 1.54) is 25.7 Å². The Hall–Kier alpha value is -2.81. The monoisotopic (exact) mass is 469 g/mol. The lowest BCUT2D eigenvalue weighted by atomic mass is 10.2. The maximum Gasteiger partial charge on any atom is 0.251 e. The molecule has 2 aromatic heterocycles. The third-order valence-electron chi connectivity index (χ3n) is 6.13. The first-order valence-electron chi connectivity index (χ1n) is 11.5. The number of carbonyl (C=O) groups is 1. The van der Waals surface area contributed by atoms with Gasteiger partial charge in [0.25, 0.3) is 5.91 Å². The number of amides is 1. The minimum atomic E-state index is -0.111. The molecular weight excluding hydrogens is 438 g/mol. The molecule has 9 heteroatoms. The molecule has 1 aromatic carbocycles. The van der Waals surface area contributed by atoms with Crippen LogP contribution in [0.25, 0.3) is 0 Å². The molecule has 1 saturated carbocycles. The van der Waals surface area contributed by atoms with Crippen molar-refractivity contribution in [3.63, 3.8) is 0 Å². The zero-order valence-electron chi connectivity index (χ0n) is 19.5. The summed E-state index contributed by atoms with van der Waals surface area (Å²) in [5.74, 6) is 2.29. The van der Waals surface area contributed by atoms with Crippen LogP contribution in [0.15, 0.2) is 33.9 Å². The van der Waals surface area contributed by atoms with E-state index in [1.54, 1.807) is 23.9 Å². The third-order valence-corrected chi connectivity index (χ3v) is 6.77. The third kappa shape index (κ3) is 5.58. The summed E-state index contributed by atoms with van der Waals surface area (Å²) in [7, 11) is 0. The molecule has 0 radical (unpaired) electrons. The Kier molecular flexibility index (Phi) is 7.69. The van der Waals surface area contributed by atoms with Gasteiger partial charge in [-0.15, -0.1) is 10.2 Å². The first kappa shape index (κ1) is 23.4. The van der Waals surface area contributed by atoms with Gasteiger partial charge in [-0.2, -0.15) is 0 Å². The van der Waals surface area contributed by atoms with Gasteiger partial charge in [-0.1, -0.05) is 35.8 Å². The molecule has 33 heavy (non-hydrogen) atoms. The van der Waals surface area contributed by atoms with Crippen molar-refractivity contribution < 1.29 is 14.1 Å². The van der Waals surface area contributed by atoms with Crippen LogP contribution < -0.4 is 10.1 Å². The summed E-state index contributed by atoms with van der Waals surface area (Å²) < 4.78 is 13.4. The van der Waals surface area contributed by atoms with Gasteiger partial charge >= 0.3 is 0 Å². The summed E-state index contributed by atoms with van der Waals surface area (Å²) in [5, 5.41) is 16.7. The van der Waals surface area contributed by atoms with Crippen molar-refractivity contribution in [2.24, 2.45) is 0 Å². The fourth-order valence-electron chi connectivity index (χ4n) is 4.29. The Labute approximate surface area is 198 Å². The van der Waals surface area contributed by atoms with E-state index in [9.17, 15) is 4.79 Å². The highest BCUT2D eigenvalue weighted by Gasteiger charge is 2.23. The number of ether oxygens (including phenoxy) is 1. The highest BCUT2D eigenvalue weighted by atomic mass is 32.2. The van der Waals surface area contributed by atoms with Gasteiger partial charge in [0.1, 0.15) is 23.9 Å². The number of aromatic nitrogens is 4. The van der Waals surface area contributed by atoms with E-state index >= 15 is 0 Å². The second kappa shape index (κ2) is 10.9. The standard InChI is InChI=1S/C24H31N5O3S/c1-16-21(17(2)32-28-16)15-31-20-11-6-8-18(14-20)23(30)25-13-7-12-22-26-27-24(33-3)29(22)19-9-4-5-10-19/h6,8,11,14,19H,4-5,7,9-10,12-13,15H2,1-3H3,(H,25,30). The predicted molar refractivity (Wildman–Crippen MR) is 127 cm³/mol. The largest absolute Gasteiger partial charge is 0.489 e. The lowest BCUT2D eigenvalue weighted by Gasteiger charge is -2.16. The fraction of sp³-hybridized carbons (Fsp3) is 0.500. The van der Waals surface area contributed by atoms with Crippen LogP contribution in [-0.4, -0.2) is 38.6 Å². The first-order valence-corrected chi connectivity index (χ1v) is 12.7. The molecular formula is C24H31N5O3S. The van der Waals surface area contributed by atoms with Gasteiger partial charge < -0.3 is 19.1 Å². The molecule has 176 valence electrons. The summed E-state index contributed by atoms with van der Waals surface area (Å²) in [5.41, 5.74) is 2.32. The number of aryl methyl sites for hydroxylation is 3. The first-order chi connectivity index (χ1) is 16.1. The summed E-state index contributed by atoms with van der Waals surface area (Å²) in [4.78, 5) is 12.6. The molecule has 3 aromatic rings. The van der Waals surface area contributed by atoms with Crippen LogP contribution in [0.4, 0.5) is 0 Å². The van der Waals surface area contributed by atoms with Gasteiger partial charge in [0.05, 0.1) is 11.3 Å². The van der Waals surface area contributed by atoms with E-state index in [2.05, 4.69) is 25.2 Å². The second-order valence-electron chi connectivity index (χ2n) is 8.39. The van der Waals surface area contributed by atoms with E-state index in [4.69, 9.17) is 9.26 Å². The minimum absolute atomic E-state index is 0.111. The maximum atomic E-state index is 12.6. The highest BCUT2D eigenvalue weighted by Crippen LogP contribution is 2.33. The van der Waals surface area contributed by atoms with Crippen molar-refractivity contribution in [3.8, 4) is 5.75 Å². The average Bonchev–Trinajstić information content (AvgIpc) is 3.56. The molecule has 1 N–H and O–H groups in total. The van der Waals surface area contributed by atoms with E-state index in [0.717, 1.165) is 40.8 Å². The van der Waals surface area contributed by atoms with E-state index in [-0.39, 0.29) is 5.91 Å². The number of nitrogens with one attached hydrogen (secondary N) is 1. The van der Waals surface area contributed by atoms with Gasteiger partial charge in [0.15, 0.2) is 5.16 Å². The normalized spacial score (nSPS) is 14.0. The van der Waals surface area contributed by atoms with E-state index < -0.39 is 0 Å². The highest BCUT2D eigenvalue weighted by molar-refractivity contribution is 7.98. The number of hydrogen-bond donors (Lipinski definition) is 1. The number of benzene rings is 1. The van der Waals surface area contributed by atoms with Crippen LogP contribution in [-0.2, 0) is 13.0 Å². The van der Waals surface area contributed by atoms with Crippen molar-refractivity contribution >= 4 is 17.7 Å². The topological polar surface area (TPSA) is 95.1 Å². The summed E-state index contributed by atoms with van der Waals surface area (Å²) in [6.07, 6.45) is 8.60. The van der Waals surface area contributed by atoms with Crippen LogP contribution in [0.5, 0.6) is 5.75 Å². The van der Waals surface area contributed by atoms with Gasteiger partial charge in [0.2, 0.25) is 0 Å². The number of rotatable bonds is 10. The molecule has 1 aliphatic rings. The molecule has 0 unspecified atom stereocenters. The molecule has 4 rings (SSSR count). The Morgan fingerprint density at radius 2 is 2.09 bits per heavy atom. The van der Waals surface area contributed by atoms with Crippen molar-refractivity contribution in [1.82, 2.24) is 25.2 Å². The van der Waals surface area contributed by atoms with E-state index in [1.807, 2.05) is 32.2 Å². The zero-order valence-corrected chi connectivity index (χ0v) is 20.3. The Morgan fingerprint density at radius 3 is 2.82 bits per heavy atom. The van der Waals surface area contributed by atoms with Gasteiger partial charge in [-0.25, -0.2) is 0 Å². The molecule has 0 spiro atoms. The SMILES string of the molecule is CSc1nnc(CCCNC(=O)c2cccc(OCc3c(C)noc3C)c2)n1C1CCCC1.